The molecular formula is C32H28N2. The average Bonchev–Trinajstić information content (AvgIpc) is 2.90. The zero-order chi connectivity index (χ0) is 23.2. The molecule has 0 spiro atoms. The van der Waals surface area contributed by atoms with E-state index < -0.39 is 0 Å². The molecule has 5 aromatic carbocycles. The summed E-state index contributed by atoms with van der Waals surface area (Å²) < 4.78 is 0. The van der Waals surface area contributed by atoms with Crippen LogP contribution in [-0.4, -0.2) is 0 Å². The van der Waals surface area contributed by atoms with Crippen LogP contribution in [0.3, 0.4) is 0 Å². The third kappa shape index (κ3) is 5.02. The molecule has 0 atom stereocenters. The molecule has 0 saturated heterocycles. The molecule has 0 bridgehead atoms. The zero-order valence-corrected chi connectivity index (χ0v) is 19.1. The highest BCUT2D eigenvalue weighted by molar-refractivity contribution is 5.76. The molecule has 0 aliphatic heterocycles. The van der Waals surface area contributed by atoms with Gasteiger partial charge in [0.25, 0.3) is 0 Å². The molecule has 2 nitrogen and oxygen atoms in total. The Labute approximate surface area is 201 Å². The maximum atomic E-state index is 5.82. The van der Waals surface area contributed by atoms with Crippen LogP contribution in [-0.2, 0) is 12.8 Å². The van der Waals surface area contributed by atoms with Crippen LogP contribution in [0.5, 0.6) is 0 Å². The van der Waals surface area contributed by atoms with E-state index in [1.165, 1.54) is 27.9 Å². The SMILES string of the molecule is Nc1ccc(-c2ccc(CCc3cccc(N(c4ccccc4)c4ccccc4)c3)cc2)cc1. The molecule has 0 aliphatic carbocycles. The molecule has 5 rings (SSSR count). The standard InChI is InChI=1S/C32H28N2/c33-29-22-20-28(21-23-29)27-18-16-25(17-19-27)14-15-26-8-7-13-32(24-26)34(30-9-3-1-4-10-30)31-11-5-2-6-12-31/h1-13,16-24H,14-15,33H2. The van der Waals surface area contributed by atoms with Crippen LogP contribution in [0.4, 0.5) is 22.7 Å². The van der Waals surface area contributed by atoms with Gasteiger partial charge in [0, 0.05) is 22.7 Å². The number of rotatable bonds is 7. The van der Waals surface area contributed by atoms with Crippen molar-refractivity contribution in [2.75, 3.05) is 10.6 Å². The molecule has 0 unspecified atom stereocenters. The van der Waals surface area contributed by atoms with Crippen molar-refractivity contribution in [3.8, 4) is 11.1 Å². The zero-order valence-electron chi connectivity index (χ0n) is 19.1. The van der Waals surface area contributed by atoms with Crippen LogP contribution in [0.2, 0.25) is 0 Å². The molecule has 166 valence electrons. The maximum absolute atomic E-state index is 5.82. The van der Waals surface area contributed by atoms with Crippen LogP contribution < -0.4 is 10.6 Å². The molecule has 5 aromatic rings. The van der Waals surface area contributed by atoms with Crippen LogP contribution in [0.1, 0.15) is 11.1 Å². The van der Waals surface area contributed by atoms with Gasteiger partial charge in [0.15, 0.2) is 0 Å². The van der Waals surface area contributed by atoms with Gasteiger partial charge in [-0.25, -0.2) is 0 Å². The van der Waals surface area contributed by atoms with Gasteiger partial charge in [0.05, 0.1) is 0 Å². The lowest BCUT2D eigenvalue weighted by atomic mass is 10.00. The minimum atomic E-state index is 0.792. The molecular weight excluding hydrogens is 412 g/mol. The summed E-state index contributed by atoms with van der Waals surface area (Å²) in [4.78, 5) is 2.31. The lowest BCUT2D eigenvalue weighted by Gasteiger charge is -2.25. The van der Waals surface area contributed by atoms with Crippen LogP contribution in [0.15, 0.2) is 133 Å². The second kappa shape index (κ2) is 10.1. The average molecular weight is 441 g/mol. The van der Waals surface area contributed by atoms with E-state index in [2.05, 4.69) is 126 Å². The van der Waals surface area contributed by atoms with Crippen LogP contribution >= 0.6 is 0 Å². The quantitative estimate of drug-likeness (QED) is 0.258. The van der Waals surface area contributed by atoms with Crippen molar-refractivity contribution in [3.05, 3.63) is 145 Å². The summed E-state index contributed by atoms with van der Waals surface area (Å²) in [5.74, 6) is 0. The summed E-state index contributed by atoms with van der Waals surface area (Å²) in [6.07, 6.45) is 1.99. The molecule has 2 heteroatoms. The van der Waals surface area contributed by atoms with Crippen LogP contribution in [0.25, 0.3) is 11.1 Å². The number of anilines is 4. The Balaban J connectivity index is 1.34. The first-order valence-corrected chi connectivity index (χ1v) is 11.7. The summed E-state index contributed by atoms with van der Waals surface area (Å²) in [6, 6.07) is 46.9. The summed E-state index contributed by atoms with van der Waals surface area (Å²) in [7, 11) is 0. The lowest BCUT2D eigenvalue weighted by Crippen LogP contribution is -2.10. The van der Waals surface area contributed by atoms with E-state index in [9.17, 15) is 0 Å². The van der Waals surface area contributed by atoms with Gasteiger partial charge in [-0.15, -0.1) is 0 Å². The fourth-order valence-electron chi connectivity index (χ4n) is 4.28. The minimum Gasteiger partial charge on any atom is -0.399 e. The first-order valence-electron chi connectivity index (χ1n) is 11.7. The number of nitrogen functional groups attached to an aromatic ring is 1. The molecule has 0 radical (unpaired) electrons. The van der Waals surface area contributed by atoms with Crippen LogP contribution in [0, 0.1) is 0 Å². The Morgan fingerprint density at radius 3 is 1.53 bits per heavy atom. The molecule has 0 saturated carbocycles. The minimum absolute atomic E-state index is 0.792. The Morgan fingerprint density at radius 2 is 0.941 bits per heavy atom. The summed E-state index contributed by atoms with van der Waals surface area (Å²) >= 11 is 0. The molecule has 0 aromatic heterocycles. The van der Waals surface area contributed by atoms with Gasteiger partial charge in [-0.1, -0.05) is 84.9 Å². The Morgan fingerprint density at radius 1 is 0.441 bits per heavy atom. The second-order valence-corrected chi connectivity index (χ2v) is 8.50. The van der Waals surface area contributed by atoms with Gasteiger partial charge < -0.3 is 10.6 Å². The fraction of sp³-hybridized carbons (Fsp3) is 0.0625. The summed E-state index contributed by atoms with van der Waals surface area (Å²) in [5.41, 5.74) is 15.2. The predicted octanol–water partition coefficient (Wildman–Crippen LogP) is 8.19. The fourth-order valence-corrected chi connectivity index (χ4v) is 4.28. The molecule has 0 amide bonds. The third-order valence-corrected chi connectivity index (χ3v) is 6.10. The Hall–Kier alpha value is -4.30. The third-order valence-electron chi connectivity index (χ3n) is 6.10. The molecule has 0 fully saturated rings. The number of para-hydroxylation sites is 2. The largest absolute Gasteiger partial charge is 0.399 e. The first-order chi connectivity index (χ1) is 16.8. The number of hydrogen-bond acceptors (Lipinski definition) is 2. The van der Waals surface area contributed by atoms with Gasteiger partial charge in [0.2, 0.25) is 0 Å². The number of benzene rings is 5. The Kier molecular flexibility index (Phi) is 6.40. The molecule has 0 aliphatic rings. The van der Waals surface area contributed by atoms with E-state index in [-0.39, 0.29) is 0 Å². The van der Waals surface area contributed by atoms with Gasteiger partial charge >= 0.3 is 0 Å². The van der Waals surface area contributed by atoms with E-state index in [1.807, 2.05) is 12.1 Å². The highest BCUT2D eigenvalue weighted by Crippen LogP contribution is 2.34. The van der Waals surface area contributed by atoms with Gasteiger partial charge in [-0.05, 0) is 83.6 Å². The van der Waals surface area contributed by atoms with Crippen molar-refractivity contribution in [2.24, 2.45) is 0 Å². The Bertz CT molecular complexity index is 1290. The maximum Gasteiger partial charge on any atom is 0.0464 e. The van der Waals surface area contributed by atoms with E-state index >= 15 is 0 Å². The molecule has 0 heterocycles. The highest BCUT2D eigenvalue weighted by Gasteiger charge is 2.12. The van der Waals surface area contributed by atoms with E-state index in [1.54, 1.807) is 0 Å². The van der Waals surface area contributed by atoms with E-state index in [0.717, 1.165) is 29.9 Å². The van der Waals surface area contributed by atoms with Crippen molar-refractivity contribution >= 4 is 22.7 Å². The summed E-state index contributed by atoms with van der Waals surface area (Å²) in [6.45, 7) is 0. The van der Waals surface area contributed by atoms with Crippen molar-refractivity contribution in [1.29, 1.82) is 0 Å². The topological polar surface area (TPSA) is 29.3 Å². The van der Waals surface area contributed by atoms with Gasteiger partial charge in [-0.3, -0.25) is 0 Å². The van der Waals surface area contributed by atoms with E-state index in [4.69, 9.17) is 5.73 Å². The van der Waals surface area contributed by atoms with Gasteiger partial charge in [0.1, 0.15) is 0 Å². The second-order valence-electron chi connectivity index (χ2n) is 8.50. The van der Waals surface area contributed by atoms with Gasteiger partial charge in [-0.2, -0.15) is 0 Å². The normalized spacial score (nSPS) is 10.7. The van der Waals surface area contributed by atoms with Crippen molar-refractivity contribution in [2.45, 2.75) is 12.8 Å². The van der Waals surface area contributed by atoms with Crippen molar-refractivity contribution in [3.63, 3.8) is 0 Å². The highest BCUT2D eigenvalue weighted by atomic mass is 15.1. The number of aryl methyl sites for hydroxylation is 2. The number of nitrogens with zero attached hydrogens (tertiary/aromatic N) is 1. The van der Waals surface area contributed by atoms with Crippen molar-refractivity contribution in [1.82, 2.24) is 0 Å². The molecule has 34 heavy (non-hydrogen) atoms. The van der Waals surface area contributed by atoms with E-state index in [0.29, 0.717) is 0 Å². The lowest BCUT2D eigenvalue weighted by molar-refractivity contribution is 0.960. The smallest absolute Gasteiger partial charge is 0.0464 e. The monoisotopic (exact) mass is 440 g/mol. The number of nitrogens with two attached hydrogens (primary N) is 1. The number of hydrogen-bond donors (Lipinski definition) is 1. The first kappa shape index (κ1) is 21.5. The molecule has 2 N–H and O–H groups in total. The predicted molar refractivity (Wildman–Crippen MR) is 145 cm³/mol. The summed E-state index contributed by atoms with van der Waals surface area (Å²) in [5, 5.41) is 0. The van der Waals surface area contributed by atoms with Crippen molar-refractivity contribution < 1.29 is 0 Å².